The highest BCUT2D eigenvalue weighted by Gasteiger charge is 2.16. The van der Waals surface area contributed by atoms with Crippen LogP contribution < -0.4 is 4.74 Å². The third-order valence-electron chi connectivity index (χ3n) is 2.53. The average Bonchev–Trinajstić information content (AvgIpc) is 2.39. The molecule has 0 radical (unpaired) electrons. The Morgan fingerprint density at radius 1 is 1.37 bits per heavy atom. The van der Waals surface area contributed by atoms with E-state index in [4.69, 9.17) is 4.74 Å². The van der Waals surface area contributed by atoms with E-state index in [1.54, 1.807) is 30.3 Å². The maximum atomic E-state index is 11.0. The second-order valence-corrected chi connectivity index (χ2v) is 4.63. The summed E-state index contributed by atoms with van der Waals surface area (Å²) >= 11 is 3.22. The van der Waals surface area contributed by atoms with Crippen molar-refractivity contribution in [2.45, 2.75) is 13.3 Å². The molecule has 0 saturated carbocycles. The van der Waals surface area contributed by atoms with Crippen LogP contribution >= 0.6 is 15.9 Å². The van der Waals surface area contributed by atoms with Gasteiger partial charge in [0, 0.05) is 12.1 Å². The number of aryl methyl sites for hydroxylation is 1. The molecule has 0 aliphatic rings. The van der Waals surface area contributed by atoms with E-state index in [1.165, 1.54) is 6.07 Å². The van der Waals surface area contributed by atoms with Gasteiger partial charge in [0.15, 0.2) is 0 Å². The third kappa shape index (κ3) is 3.29. The van der Waals surface area contributed by atoms with Gasteiger partial charge in [-0.25, -0.2) is 4.98 Å². The molecule has 0 N–H and O–H groups in total. The molecule has 0 aliphatic carbocycles. The minimum absolute atomic E-state index is 0.0545. The van der Waals surface area contributed by atoms with Crippen molar-refractivity contribution in [1.82, 2.24) is 4.98 Å². The van der Waals surface area contributed by atoms with E-state index in [9.17, 15) is 10.1 Å². The fraction of sp³-hybridized carbons (Fsp3) is 0.154. The van der Waals surface area contributed by atoms with E-state index in [0.29, 0.717) is 10.5 Å². The van der Waals surface area contributed by atoms with Crippen molar-refractivity contribution in [1.29, 1.82) is 0 Å². The lowest BCUT2D eigenvalue weighted by Crippen LogP contribution is -1.96. The molecule has 1 aromatic heterocycles. The van der Waals surface area contributed by atoms with Crippen molar-refractivity contribution in [2.24, 2.45) is 0 Å². The molecule has 1 heterocycles. The quantitative estimate of drug-likeness (QED) is 0.482. The Balaban J connectivity index is 2.36. The number of nitro groups is 1. The highest BCUT2D eigenvalue weighted by Crippen LogP contribution is 2.31. The van der Waals surface area contributed by atoms with Crippen LogP contribution in [0.1, 0.15) is 12.5 Å². The van der Waals surface area contributed by atoms with Gasteiger partial charge in [-0.3, -0.25) is 10.1 Å². The van der Waals surface area contributed by atoms with Crippen molar-refractivity contribution in [2.75, 3.05) is 0 Å². The summed E-state index contributed by atoms with van der Waals surface area (Å²) in [5, 5.41) is 11.0. The molecule has 0 bridgehead atoms. The van der Waals surface area contributed by atoms with Gasteiger partial charge in [0.1, 0.15) is 4.60 Å². The van der Waals surface area contributed by atoms with Crippen LogP contribution in [-0.2, 0) is 6.42 Å². The molecule has 0 amide bonds. The maximum Gasteiger partial charge on any atom is 0.311 e. The van der Waals surface area contributed by atoms with E-state index in [-0.39, 0.29) is 11.4 Å². The molecule has 6 heteroatoms. The third-order valence-corrected chi connectivity index (χ3v) is 2.97. The Hall–Kier alpha value is -1.95. The minimum Gasteiger partial charge on any atom is -0.432 e. The maximum absolute atomic E-state index is 11.0. The molecule has 1 aromatic carbocycles. The number of nitro benzene ring substituents is 1. The summed E-state index contributed by atoms with van der Waals surface area (Å²) in [7, 11) is 0. The van der Waals surface area contributed by atoms with Gasteiger partial charge >= 0.3 is 5.69 Å². The molecule has 0 fully saturated rings. The zero-order valence-electron chi connectivity index (χ0n) is 10.2. The number of nitrogens with zero attached hydrogens (tertiary/aromatic N) is 2. The van der Waals surface area contributed by atoms with E-state index < -0.39 is 4.92 Å². The number of hydrogen-bond acceptors (Lipinski definition) is 4. The number of ether oxygens (including phenoxy) is 1. The lowest BCUT2D eigenvalue weighted by molar-refractivity contribution is -0.385. The fourth-order valence-corrected chi connectivity index (χ4v) is 1.90. The molecule has 0 spiro atoms. The fourth-order valence-electron chi connectivity index (χ4n) is 1.57. The normalized spacial score (nSPS) is 10.2. The van der Waals surface area contributed by atoms with Gasteiger partial charge in [-0.2, -0.15) is 0 Å². The van der Waals surface area contributed by atoms with E-state index in [0.717, 1.165) is 12.0 Å². The Kier molecular flexibility index (Phi) is 4.11. The molecule has 0 atom stereocenters. The van der Waals surface area contributed by atoms with Crippen LogP contribution in [0.5, 0.6) is 11.6 Å². The monoisotopic (exact) mass is 322 g/mol. The summed E-state index contributed by atoms with van der Waals surface area (Å²) in [6, 6.07) is 10.1. The molecule has 0 aliphatic heterocycles. The van der Waals surface area contributed by atoms with Crippen molar-refractivity contribution in [3.8, 4) is 11.6 Å². The summed E-state index contributed by atoms with van der Waals surface area (Å²) in [5.74, 6) is 0.495. The molecule has 2 rings (SSSR count). The number of hydrogen-bond donors (Lipinski definition) is 0. The van der Waals surface area contributed by atoms with Gasteiger partial charge in [0.05, 0.1) is 4.92 Å². The van der Waals surface area contributed by atoms with Crippen LogP contribution in [0.15, 0.2) is 41.0 Å². The smallest absolute Gasteiger partial charge is 0.311 e. The van der Waals surface area contributed by atoms with Gasteiger partial charge in [-0.1, -0.05) is 19.1 Å². The molecule has 98 valence electrons. The highest BCUT2D eigenvalue weighted by molar-refractivity contribution is 9.10. The summed E-state index contributed by atoms with van der Waals surface area (Å²) in [5.41, 5.74) is 0.836. The van der Waals surface area contributed by atoms with Crippen LogP contribution in [0.25, 0.3) is 0 Å². The van der Waals surface area contributed by atoms with Crippen molar-refractivity contribution in [3.63, 3.8) is 0 Å². The van der Waals surface area contributed by atoms with Crippen molar-refractivity contribution in [3.05, 3.63) is 56.7 Å². The summed E-state index contributed by atoms with van der Waals surface area (Å²) in [6.45, 7) is 1.94. The zero-order chi connectivity index (χ0) is 13.8. The number of pyridine rings is 1. The van der Waals surface area contributed by atoms with Gasteiger partial charge in [0.25, 0.3) is 0 Å². The van der Waals surface area contributed by atoms with E-state index >= 15 is 0 Å². The summed E-state index contributed by atoms with van der Waals surface area (Å²) in [6.07, 6.45) is 0.732. The first kappa shape index (κ1) is 13.5. The first-order chi connectivity index (χ1) is 9.10. The van der Waals surface area contributed by atoms with Gasteiger partial charge in [0.2, 0.25) is 11.6 Å². The summed E-state index contributed by atoms with van der Waals surface area (Å²) < 4.78 is 6.08. The number of halogens is 1. The van der Waals surface area contributed by atoms with Crippen LogP contribution in [0.4, 0.5) is 5.69 Å². The standard InChI is InChI=1S/C13H11BrN2O3/c1-2-9-6-7-11(10(8-9)16(17)18)19-13-5-3-4-12(14)15-13/h3-8H,2H2,1H3. The second kappa shape index (κ2) is 5.79. The van der Waals surface area contributed by atoms with Crippen LogP contribution in [0, 0.1) is 10.1 Å². The van der Waals surface area contributed by atoms with Crippen LogP contribution in [0.3, 0.4) is 0 Å². The van der Waals surface area contributed by atoms with Gasteiger partial charge < -0.3 is 4.74 Å². The van der Waals surface area contributed by atoms with Gasteiger partial charge in [-0.15, -0.1) is 0 Å². The molecule has 0 saturated heterocycles. The van der Waals surface area contributed by atoms with E-state index in [2.05, 4.69) is 20.9 Å². The van der Waals surface area contributed by atoms with Crippen molar-refractivity contribution < 1.29 is 9.66 Å². The predicted octanol–water partition coefficient (Wildman–Crippen LogP) is 4.11. The second-order valence-electron chi connectivity index (χ2n) is 3.81. The van der Waals surface area contributed by atoms with E-state index in [1.807, 2.05) is 6.92 Å². The average molecular weight is 323 g/mol. The minimum atomic E-state index is -0.452. The van der Waals surface area contributed by atoms with Gasteiger partial charge in [-0.05, 0) is 40.0 Å². The molecule has 5 nitrogen and oxygen atoms in total. The lowest BCUT2D eigenvalue weighted by Gasteiger charge is -2.06. The molecular formula is C13H11BrN2O3. The largest absolute Gasteiger partial charge is 0.432 e. The molecule has 2 aromatic rings. The topological polar surface area (TPSA) is 65.3 Å². The van der Waals surface area contributed by atoms with Crippen LogP contribution in [0.2, 0.25) is 0 Å². The molecule has 19 heavy (non-hydrogen) atoms. The number of aromatic nitrogens is 1. The Bertz CT molecular complexity index is 617. The highest BCUT2D eigenvalue weighted by atomic mass is 79.9. The lowest BCUT2D eigenvalue weighted by atomic mass is 10.1. The summed E-state index contributed by atoms with van der Waals surface area (Å²) in [4.78, 5) is 14.7. The van der Waals surface area contributed by atoms with Crippen molar-refractivity contribution >= 4 is 21.6 Å². The zero-order valence-corrected chi connectivity index (χ0v) is 11.8. The Morgan fingerprint density at radius 2 is 2.16 bits per heavy atom. The first-order valence-corrected chi connectivity index (χ1v) is 6.47. The molecular weight excluding hydrogens is 312 g/mol. The Morgan fingerprint density at radius 3 is 2.79 bits per heavy atom. The number of rotatable bonds is 4. The molecule has 0 unspecified atom stereocenters. The number of benzene rings is 1. The first-order valence-electron chi connectivity index (χ1n) is 5.68. The predicted molar refractivity (Wildman–Crippen MR) is 74.5 cm³/mol. The van der Waals surface area contributed by atoms with Crippen LogP contribution in [-0.4, -0.2) is 9.91 Å². The SMILES string of the molecule is CCc1ccc(Oc2cccc(Br)n2)c([N+](=O)[O-])c1. The Labute approximate surface area is 118 Å².